The lowest BCUT2D eigenvalue weighted by molar-refractivity contribution is 0.426. The summed E-state index contributed by atoms with van der Waals surface area (Å²) < 4.78 is 0. The van der Waals surface area contributed by atoms with E-state index in [-0.39, 0.29) is 0 Å². The van der Waals surface area contributed by atoms with Gasteiger partial charge in [0, 0.05) is 6.20 Å². The molecule has 1 aromatic heterocycles. The Morgan fingerprint density at radius 2 is 1.79 bits per heavy atom. The quantitative estimate of drug-likeness (QED) is 0.569. The Kier molecular flexibility index (Phi) is 2.34. The van der Waals surface area contributed by atoms with Gasteiger partial charge in [0.25, 0.3) is 0 Å². The molecule has 2 rings (SSSR count). The highest BCUT2D eigenvalue weighted by atomic mass is 16.4. The molecular formula is C9H9BN2O2. The van der Waals surface area contributed by atoms with Crippen molar-refractivity contribution in [2.24, 2.45) is 0 Å². The topological polar surface area (TPSA) is 69.1 Å². The smallest absolute Gasteiger partial charge is 0.423 e. The molecule has 0 aliphatic rings. The Hall–Kier alpha value is -1.59. The Labute approximate surface area is 81.4 Å². The highest BCUT2D eigenvalue weighted by Gasteiger charge is 2.09. The Balaban J connectivity index is 2.31. The molecule has 0 fully saturated rings. The summed E-state index contributed by atoms with van der Waals surface area (Å²) in [7, 11) is -1.41. The van der Waals surface area contributed by atoms with E-state index in [0.717, 1.165) is 11.3 Å². The van der Waals surface area contributed by atoms with Crippen molar-refractivity contribution in [2.45, 2.75) is 0 Å². The molecule has 0 spiro atoms. The van der Waals surface area contributed by atoms with E-state index in [9.17, 15) is 0 Å². The molecule has 14 heavy (non-hydrogen) atoms. The Bertz CT molecular complexity index is 397. The van der Waals surface area contributed by atoms with Crippen LogP contribution < -0.4 is 5.46 Å². The molecule has 0 unspecified atom stereocenters. The van der Waals surface area contributed by atoms with E-state index in [0.29, 0.717) is 5.46 Å². The third kappa shape index (κ3) is 1.68. The second-order valence-corrected chi connectivity index (χ2v) is 2.97. The van der Waals surface area contributed by atoms with Gasteiger partial charge in [-0.2, -0.15) is 5.10 Å². The molecule has 0 radical (unpaired) electrons. The number of hydrogen-bond acceptors (Lipinski definition) is 3. The minimum Gasteiger partial charge on any atom is -0.423 e. The molecule has 2 aromatic rings. The van der Waals surface area contributed by atoms with Crippen LogP contribution in [-0.4, -0.2) is 27.4 Å². The van der Waals surface area contributed by atoms with Gasteiger partial charge < -0.3 is 10.0 Å². The molecule has 4 nitrogen and oxygen atoms in total. The lowest BCUT2D eigenvalue weighted by Crippen LogP contribution is -2.29. The molecule has 0 atom stereocenters. The van der Waals surface area contributed by atoms with E-state index in [1.165, 1.54) is 0 Å². The molecule has 5 heteroatoms. The lowest BCUT2D eigenvalue weighted by atomic mass is 9.80. The van der Waals surface area contributed by atoms with Gasteiger partial charge in [-0.05, 0) is 17.1 Å². The zero-order valence-corrected chi connectivity index (χ0v) is 7.38. The molecule has 0 saturated carbocycles. The summed E-state index contributed by atoms with van der Waals surface area (Å²) in [6.07, 6.45) is 1.67. The van der Waals surface area contributed by atoms with Gasteiger partial charge in [0.15, 0.2) is 0 Å². The summed E-state index contributed by atoms with van der Waals surface area (Å²) in [5, 5.41) is 24.4. The number of benzene rings is 1. The van der Waals surface area contributed by atoms with Crippen molar-refractivity contribution in [3.8, 4) is 11.3 Å². The second-order valence-electron chi connectivity index (χ2n) is 2.97. The number of nitrogens with one attached hydrogen (secondary N) is 1. The maximum atomic E-state index is 8.88. The van der Waals surface area contributed by atoms with Gasteiger partial charge in [-0.3, -0.25) is 5.10 Å². The van der Waals surface area contributed by atoms with Crippen molar-refractivity contribution in [1.82, 2.24) is 10.2 Å². The van der Waals surface area contributed by atoms with Crippen LogP contribution >= 0.6 is 0 Å². The highest BCUT2D eigenvalue weighted by molar-refractivity contribution is 6.58. The van der Waals surface area contributed by atoms with E-state index in [1.807, 2.05) is 18.2 Å². The van der Waals surface area contributed by atoms with Crippen LogP contribution in [0.15, 0.2) is 36.5 Å². The van der Waals surface area contributed by atoms with Gasteiger partial charge in [-0.1, -0.05) is 24.3 Å². The van der Waals surface area contributed by atoms with Gasteiger partial charge in [-0.25, -0.2) is 0 Å². The third-order valence-electron chi connectivity index (χ3n) is 2.02. The zero-order valence-electron chi connectivity index (χ0n) is 7.38. The molecule has 70 valence electrons. The fourth-order valence-electron chi connectivity index (χ4n) is 1.25. The molecule has 1 aromatic carbocycles. The van der Waals surface area contributed by atoms with E-state index in [1.54, 1.807) is 18.3 Å². The maximum absolute atomic E-state index is 8.88. The standard InChI is InChI=1S/C9H9BN2O2/c13-10(14)8-3-1-7(2-4-8)9-5-6-11-12-9/h1-6,13-14H,(H,11,12). The Morgan fingerprint density at radius 3 is 2.29 bits per heavy atom. The number of aromatic amines is 1. The van der Waals surface area contributed by atoms with Crippen LogP contribution in [0.2, 0.25) is 0 Å². The largest absolute Gasteiger partial charge is 0.488 e. The van der Waals surface area contributed by atoms with Crippen LogP contribution in [0.3, 0.4) is 0 Å². The monoisotopic (exact) mass is 188 g/mol. The first-order chi connectivity index (χ1) is 6.77. The average molecular weight is 188 g/mol. The van der Waals surface area contributed by atoms with Crippen molar-refractivity contribution >= 4 is 12.6 Å². The van der Waals surface area contributed by atoms with Crippen LogP contribution in [0, 0.1) is 0 Å². The van der Waals surface area contributed by atoms with Crippen molar-refractivity contribution in [3.63, 3.8) is 0 Å². The van der Waals surface area contributed by atoms with Gasteiger partial charge in [0.1, 0.15) is 0 Å². The first-order valence-electron chi connectivity index (χ1n) is 4.23. The molecule has 0 saturated heterocycles. The lowest BCUT2D eigenvalue weighted by Gasteiger charge is -2.00. The number of nitrogens with zero attached hydrogens (tertiary/aromatic N) is 1. The SMILES string of the molecule is OB(O)c1ccc(-c2ccn[nH]2)cc1. The molecule has 1 heterocycles. The summed E-state index contributed by atoms with van der Waals surface area (Å²) in [5.74, 6) is 0. The summed E-state index contributed by atoms with van der Waals surface area (Å²) >= 11 is 0. The van der Waals surface area contributed by atoms with E-state index >= 15 is 0 Å². The molecule has 0 bridgehead atoms. The summed E-state index contributed by atoms with van der Waals surface area (Å²) in [6.45, 7) is 0. The minimum atomic E-state index is -1.41. The van der Waals surface area contributed by atoms with E-state index in [4.69, 9.17) is 10.0 Å². The van der Waals surface area contributed by atoms with Crippen molar-refractivity contribution < 1.29 is 10.0 Å². The molecule has 0 amide bonds. The first-order valence-corrected chi connectivity index (χ1v) is 4.23. The highest BCUT2D eigenvalue weighted by Crippen LogP contribution is 2.13. The van der Waals surface area contributed by atoms with Crippen LogP contribution in [0.4, 0.5) is 0 Å². The average Bonchev–Trinajstić information content (AvgIpc) is 2.71. The van der Waals surface area contributed by atoms with Gasteiger partial charge in [-0.15, -0.1) is 0 Å². The zero-order chi connectivity index (χ0) is 9.97. The van der Waals surface area contributed by atoms with Crippen LogP contribution in [0.5, 0.6) is 0 Å². The van der Waals surface area contributed by atoms with Gasteiger partial charge in [0.2, 0.25) is 0 Å². The number of rotatable bonds is 2. The number of aromatic nitrogens is 2. The Morgan fingerprint density at radius 1 is 1.07 bits per heavy atom. The molecular weight excluding hydrogens is 179 g/mol. The van der Waals surface area contributed by atoms with E-state index < -0.39 is 7.12 Å². The summed E-state index contributed by atoms with van der Waals surface area (Å²) in [4.78, 5) is 0. The summed E-state index contributed by atoms with van der Waals surface area (Å²) in [5.41, 5.74) is 2.35. The fraction of sp³-hybridized carbons (Fsp3) is 0. The molecule has 0 aliphatic heterocycles. The van der Waals surface area contributed by atoms with Gasteiger partial charge >= 0.3 is 7.12 Å². The number of H-pyrrole nitrogens is 1. The van der Waals surface area contributed by atoms with Crippen LogP contribution in [-0.2, 0) is 0 Å². The minimum absolute atomic E-state index is 0.480. The van der Waals surface area contributed by atoms with Crippen molar-refractivity contribution in [2.75, 3.05) is 0 Å². The van der Waals surface area contributed by atoms with Gasteiger partial charge in [0.05, 0.1) is 5.69 Å². The number of hydrogen-bond donors (Lipinski definition) is 3. The van der Waals surface area contributed by atoms with Crippen molar-refractivity contribution in [1.29, 1.82) is 0 Å². The normalized spacial score (nSPS) is 10.1. The summed E-state index contributed by atoms with van der Waals surface area (Å²) in [6, 6.07) is 8.80. The van der Waals surface area contributed by atoms with Crippen molar-refractivity contribution in [3.05, 3.63) is 36.5 Å². The van der Waals surface area contributed by atoms with Crippen LogP contribution in [0.25, 0.3) is 11.3 Å². The maximum Gasteiger partial charge on any atom is 0.488 e. The second kappa shape index (κ2) is 3.65. The van der Waals surface area contributed by atoms with Crippen LogP contribution in [0.1, 0.15) is 0 Å². The predicted molar refractivity (Wildman–Crippen MR) is 53.8 cm³/mol. The first kappa shape index (κ1) is 8.99. The molecule has 3 N–H and O–H groups in total. The fourth-order valence-corrected chi connectivity index (χ4v) is 1.25. The third-order valence-corrected chi connectivity index (χ3v) is 2.02. The predicted octanol–water partition coefficient (Wildman–Crippen LogP) is -0.244. The molecule has 0 aliphatic carbocycles. The van der Waals surface area contributed by atoms with E-state index in [2.05, 4.69) is 10.2 Å².